The number of halogens is 1. The molecule has 2 saturated heterocycles. The highest BCUT2D eigenvalue weighted by atomic mass is 32.2. The van der Waals surface area contributed by atoms with Crippen LogP contribution >= 0.6 is 0 Å². The van der Waals surface area contributed by atoms with E-state index in [4.69, 9.17) is 18.6 Å². The molecule has 2 bridgehead atoms. The number of rotatable bonds is 13. The van der Waals surface area contributed by atoms with Gasteiger partial charge in [-0.15, -0.1) is 0 Å². The van der Waals surface area contributed by atoms with E-state index in [0.29, 0.717) is 29.9 Å². The zero-order chi connectivity index (χ0) is 33.5. The number of amides is 1. The summed E-state index contributed by atoms with van der Waals surface area (Å²) in [6.45, 7) is 8.30. The number of benzene rings is 2. The average molecular weight is 675 g/mol. The summed E-state index contributed by atoms with van der Waals surface area (Å²) < 4.78 is 66.2. The number of oxazole rings is 1. The summed E-state index contributed by atoms with van der Waals surface area (Å²) in [6.07, 6.45) is -1.77. The van der Waals surface area contributed by atoms with Gasteiger partial charge in [0.25, 0.3) is 6.01 Å². The number of nitrogens with one attached hydrogen (secondary N) is 2. The standard InChI is InChI=1S/C33H43FN4O8S/c1-18(2)14-38(47(41,42)23-9-10-26-29(13-23)45-32(36-26)35-19(3)4)15-28(39)27(11-20-5-7-22(34)8-6-20)37-33(40)46-30-21-12-24-25(30)17-44-31(24)43-16-21/h5-10,13,18-19,21,24-25,27-28,30-31,39H,11-12,14-17H2,1-4H3,(H,35,36)(H,37,40)/t21-,24-,25-,27+,28-,30+,31+/m1/s1. The molecule has 3 N–H and O–H groups in total. The molecule has 3 aromatic rings. The summed E-state index contributed by atoms with van der Waals surface area (Å²) >= 11 is 0. The van der Waals surface area contributed by atoms with Crippen molar-refractivity contribution in [3.63, 3.8) is 0 Å². The highest BCUT2D eigenvalue weighted by molar-refractivity contribution is 7.89. The van der Waals surface area contributed by atoms with Crippen LogP contribution < -0.4 is 10.6 Å². The van der Waals surface area contributed by atoms with Crippen molar-refractivity contribution in [2.45, 2.75) is 76.0 Å². The van der Waals surface area contributed by atoms with E-state index in [1.807, 2.05) is 27.7 Å². The van der Waals surface area contributed by atoms with E-state index in [1.165, 1.54) is 28.6 Å². The van der Waals surface area contributed by atoms with Crippen molar-refractivity contribution < 1.29 is 41.3 Å². The molecule has 1 aliphatic carbocycles. The monoisotopic (exact) mass is 674 g/mol. The van der Waals surface area contributed by atoms with E-state index >= 15 is 0 Å². The fourth-order valence-electron chi connectivity index (χ4n) is 6.85. The maximum Gasteiger partial charge on any atom is 0.407 e. The molecule has 12 nitrogen and oxygen atoms in total. The number of hydrogen-bond acceptors (Lipinski definition) is 10. The Morgan fingerprint density at radius 2 is 1.83 bits per heavy atom. The first-order chi connectivity index (χ1) is 22.4. The number of aliphatic hydroxyl groups excluding tert-OH is 1. The van der Waals surface area contributed by atoms with Crippen LogP contribution in [0.4, 0.5) is 15.2 Å². The summed E-state index contributed by atoms with van der Waals surface area (Å²) in [4.78, 5) is 17.7. The third-order valence-corrected chi connectivity index (χ3v) is 10.9. The molecule has 6 rings (SSSR count). The number of sulfonamides is 1. The van der Waals surface area contributed by atoms with Crippen LogP contribution in [0.1, 0.15) is 39.7 Å². The summed E-state index contributed by atoms with van der Waals surface area (Å²) in [5.74, 6) is -0.236. The summed E-state index contributed by atoms with van der Waals surface area (Å²) in [5, 5.41) is 17.5. The predicted molar refractivity (Wildman–Crippen MR) is 170 cm³/mol. The van der Waals surface area contributed by atoms with Crippen molar-refractivity contribution in [1.82, 2.24) is 14.6 Å². The lowest BCUT2D eigenvalue weighted by atomic mass is 9.98. The highest BCUT2D eigenvalue weighted by Crippen LogP contribution is 2.49. The molecular formula is C33H43FN4O8S. The van der Waals surface area contributed by atoms with Gasteiger partial charge >= 0.3 is 6.09 Å². The Hall–Kier alpha value is -3.30. The van der Waals surface area contributed by atoms with Gasteiger partial charge in [-0.1, -0.05) is 26.0 Å². The molecule has 1 saturated carbocycles. The number of nitrogens with zero attached hydrogens (tertiary/aromatic N) is 2. The quantitative estimate of drug-likeness (QED) is 0.241. The predicted octanol–water partition coefficient (Wildman–Crippen LogP) is 4.14. The zero-order valence-electron chi connectivity index (χ0n) is 27.0. The molecule has 7 atom stereocenters. The molecule has 1 aromatic heterocycles. The second kappa shape index (κ2) is 13.7. The molecule has 256 valence electrons. The number of fused-ring (bicyclic) bond motifs is 2. The normalized spacial score (nSPS) is 25.1. The largest absolute Gasteiger partial charge is 0.445 e. The van der Waals surface area contributed by atoms with Crippen LogP contribution in [0.25, 0.3) is 11.1 Å². The molecule has 2 aliphatic heterocycles. The van der Waals surface area contributed by atoms with Crippen molar-refractivity contribution >= 4 is 33.2 Å². The first-order valence-electron chi connectivity index (χ1n) is 16.2. The number of ether oxygens (including phenoxy) is 3. The van der Waals surface area contributed by atoms with Crippen LogP contribution in [-0.4, -0.2) is 85.8 Å². The number of hydrogen-bond donors (Lipinski definition) is 3. The Kier molecular flexibility index (Phi) is 9.77. The molecule has 3 fully saturated rings. The molecule has 0 spiro atoms. The topological polar surface area (TPSA) is 152 Å². The number of anilines is 1. The SMILES string of the molecule is CC(C)CN(C[C@@H](O)[C@H](Cc1ccc(F)cc1)NC(=O)O[C@H]1[C@H]2CO[C@H]3OC[C@@H]1[C@H]3C2)S(=O)(=O)c1ccc2nc(NC(C)C)oc2c1. The van der Waals surface area contributed by atoms with Gasteiger partial charge in [0, 0.05) is 43.0 Å². The van der Waals surface area contributed by atoms with E-state index in [-0.39, 0.29) is 66.4 Å². The second-order valence-corrected chi connectivity index (χ2v) is 15.5. The lowest BCUT2D eigenvalue weighted by molar-refractivity contribution is -0.169. The van der Waals surface area contributed by atoms with Gasteiger partial charge in [0.2, 0.25) is 10.0 Å². The van der Waals surface area contributed by atoms with Crippen molar-refractivity contribution in [3.05, 3.63) is 53.8 Å². The third kappa shape index (κ3) is 7.41. The molecular weight excluding hydrogens is 631 g/mol. The summed E-state index contributed by atoms with van der Waals surface area (Å²) in [5.41, 5.74) is 1.45. The molecule has 14 heteroatoms. The van der Waals surface area contributed by atoms with E-state index in [9.17, 15) is 22.7 Å². The molecule has 0 radical (unpaired) electrons. The summed E-state index contributed by atoms with van der Waals surface area (Å²) in [6, 6.07) is 9.58. The van der Waals surface area contributed by atoms with Gasteiger partial charge in [0.15, 0.2) is 11.9 Å². The Morgan fingerprint density at radius 3 is 2.55 bits per heavy atom. The minimum atomic E-state index is -4.13. The van der Waals surface area contributed by atoms with Crippen LogP contribution in [-0.2, 0) is 30.7 Å². The molecule has 2 aromatic carbocycles. The minimum Gasteiger partial charge on any atom is -0.445 e. The molecule has 3 aliphatic rings. The van der Waals surface area contributed by atoms with E-state index in [2.05, 4.69) is 15.6 Å². The van der Waals surface area contributed by atoms with E-state index in [0.717, 1.165) is 6.42 Å². The molecule has 3 heterocycles. The second-order valence-electron chi connectivity index (χ2n) is 13.5. The number of carbonyl (C=O) groups excluding carboxylic acids is 1. The van der Waals surface area contributed by atoms with E-state index < -0.39 is 40.2 Å². The van der Waals surface area contributed by atoms with Gasteiger partial charge in [-0.25, -0.2) is 17.6 Å². The Labute approximate surface area is 274 Å². The summed E-state index contributed by atoms with van der Waals surface area (Å²) in [7, 11) is -4.13. The number of alkyl carbamates (subject to hydrolysis) is 1. The smallest absolute Gasteiger partial charge is 0.407 e. The third-order valence-electron chi connectivity index (χ3n) is 9.04. The first kappa shape index (κ1) is 33.6. The number of aliphatic hydroxyl groups is 1. The highest BCUT2D eigenvalue weighted by Gasteiger charge is 2.56. The minimum absolute atomic E-state index is 0.0146. The van der Waals surface area contributed by atoms with E-state index in [1.54, 1.807) is 18.2 Å². The van der Waals surface area contributed by atoms with Crippen LogP contribution in [0.3, 0.4) is 0 Å². The van der Waals surface area contributed by atoms with Crippen molar-refractivity contribution in [1.29, 1.82) is 0 Å². The molecule has 1 amide bonds. The van der Waals surface area contributed by atoms with Crippen LogP contribution in [0.5, 0.6) is 0 Å². The van der Waals surface area contributed by atoms with Gasteiger partial charge in [-0.3, -0.25) is 0 Å². The van der Waals surface area contributed by atoms with Crippen molar-refractivity contribution in [2.75, 3.05) is 31.6 Å². The lowest BCUT2D eigenvalue weighted by Crippen LogP contribution is -2.52. The van der Waals surface area contributed by atoms with Crippen LogP contribution in [0, 0.1) is 29.5 Å². The molecule has 0 unspecified atom stereocenters. The fraction of sp³-hybridized carbons (Fsp3) is 0.576. The van der Waals surface area contributed by atoms with Gasteiger partial charge in [0.1, 0.15) is 17.4 Å². The van der Waals surface area contributed by atoms with Crippen molar-refractivity contribution in [3.8, 4) is 0 Å². The maximum absolute atomic E-state index is 14.0. The Morgan fingerprint density at radius 1 is 1.09 bits per heavy atom. The van der Waals surface area contributed by atoms with Gasteiger partial charge in [0.05, 0.1) is 30.3 Å². The lowest BCUT2D eigenvalue weighted by Gasteiger charge is -2.31. The average Bonchev–Trinajstić information content (AvgIpc) is 3.68. The number of aromatic nitrogens is 1. The van der Waals surface area contributed by atoms with Crippen molar-refractivity contribution in [2.24, 2.45) is 23.7 Å². The van der Waals surface area contributed by atoms with Gasteiger partial charge < -0.3 is 34.4 Å². The van der Waals surface area contributed by atoms with Crippen LogP contribution in [0.15, 0.2) is 51.8 Å². The fourth-order valence-corrected chi connectivity index (χ4v) is 8.49. The van der Waals surface area contributed by atoms with Gasteiger partial charge in [-0.2, -0.15) is 9.29 Å². The van der Waals surface area contributed by atoms with Crippen LogP contribution in [0.2, 0.25) is 0 Å². The zero-order valence-corrected chi connectivity index (χ0v) is 27.8. The molecule has 47 heavy (non-hydrogen) atoms. The maximum atomic E-state index is 14.0. The number of carbonyl (C=O) groups is 1. The first-order valence-corrected chi connectivity index (χ1v) is 17.6. The van der Waals surface area contributed by atoms with Gasteiger partial charge in [-0.05, 0) is 62.4 Å². The Bertz CT molecular complexity index is 1670. The Balaban J connectivity index is 1.22.